The molecule has 1 fully saturated rings. The van der Waals surface area contributed by atoms with Gasteiger partial charge in [-0.1, -0.05) is 19.3 Å². The molecule has 0 N–H and O–H groups in total. The Bertz CT molecular complexity index is 386. The van der Waals surface area contributed by atoms with E-state index in [2.05, 4.69) is 0 Å². The minimum Gasteiger partial charge on any atom is -0.303 e. The fraction of sp³-hybridized carbons (Fsp3) is 0.500. The molecule has 92 valence electrons. The van der Waals surface area contributed by atoms with Crippen LogP contribution < -0.4 is 0 Å². The van der Waals surface area contributed by atoms with Gasteiger partial charge >= 0.3 is 0 Å². The van der Waals surface area contributed by atoms with Crippen LogP contribution in [0.1, 0.15) is 49.1 Å². The molecular formula is C14H16F2O. The standard InChI is InChI=1S/C14H16F2O/c15-13-8-11(10-4-2-1-3-5-10)9-14(16)12(13)6-7-17/h7-10H,1-6H2. The second-order valence-corrected chi connectivity index (χ2v) is 4.67. The van der Waals surface area contributed by atoms with Gasteiger partial charge in [0, 0.05) is 12.0 Å². The molecule has 0 heterocycles. The number of hydrogen-bond donors (Lipinski definition) is 0. The van der Waals surface area contributed by atoms with Gasteiger partial charge in [-0.25, -0.2) is 8.78 Å². The smallest absolute Gasteiger partial charge is 0.130 e. The summed E-state index contributed by atoms with van der Waals surface area (Å²) in [5.41, 5.74) is 0.633. The monoisotopic (exact) mass is 238 g/mol. The SMILES string of the molecule is O=CCc1c(F)cc(C2CCCCC2)cc1F. The average Bonchev–Trinajstić information content (AvgIpc) is 2.35. The summed E-state index contributed by atoms with van der Waals surface area (Å²) in [6, 6.07) is 2.80. The van der Waals surface area contributed by atoms with Crippen LogP contribution in [0.2, 0.25) is 0 Å². The number of carbonyl (C=O) groups is 1. The van der Waals surface area contributed by atoms with Gasteiger partial charge in [0.05, 0.1) is 0 Å². The molecule has 0 bridgehead atoms. The van der Waals surface area contributed by atoms with Crippen LogP contribution in [0.25, 0.3) is 0 Å². The molecule has 0 atom stereocenters. The van der Waals surface area contributed by atoms with Gasteiger partial charge in [0.2, 0.25) is 0 Å². The van der Waals surface area contributed by atoms with Crippen molar-refractivity contribution in [2.24, 2.45) is 0 Å². The second kappa shape index (κ2) is 5.39. The minimum absolute atomic E-state index is 0.112. The van der Waals surface area contributed by atoms with Crippen LogP contribution >= 0.6 is 0 Å². The molecule has 1 aromatic rings. The lowest BCUT2D eigenvalue weighted by Crippen LogP contribution is -2.07. The van der Waals surface area contributed by atoms with E-state index in [1.165, 1.54) is 18.6 Å². The van der Waals surface area contributed by atoms with Crippen molar-refractivity contribution in [3.63, 3.8) is 0 Å². The first-order chi connectivity index (χ1) is 8.22. The molecule has 1 aliphatic rings. The fourth-order valence-corrected chi connectivity index (χ4v) is 2.57. The molecule has 0 aromatic heterocycles. The van der Waals surface area contributed by atoms with Crippen LogP contribution in [0.3, 0.4) is 0 Å². The molecule has 0 amide bonds. The zero-order valence-electron chi connectivity index (χ0n) is 9.72. The van der Waals surface area contributed by atoms with E-state index in [0.717, 1.165) is 31.2 Å². The van der Waals surface area contributed by atoms with E-state index in [0.29, 0.717) is 6.29 Å². The molecule has 0 aliphatic heterocycles. The lowest BCUT2D eigenvalue weighted by atomic mass is 9.83. The van der Waals surface area contributed by atoms with Crippen molar-refractivity contribution in [2.75, 3.05) is 0 Å². The maximum Gasteiger partial charge on any atom is 0.130 e. The number of carbonyl (C=O) groups excluding carboxylic acids is 1. The molecule has 2 rings (SSSR count). The Morgan fingerprint density at radius 1 is 1.12 bits per heavy atom. The van der Waals surface area contributed by atoms with Crippen LogP contribution in [-0.4, -0.2) is 6.29 Å². The van der Waals surface area contributed by atoms with Gasteiger partial charge in [-0.3, -0.25) is 0 Å². The predicted octanol–water partition coefficient (Wildman–Crippen LogP) is 3.75. The number of hydrogen-bond acceptors (Lipinski definition) is 1. The highest BCUT2D eigenvalue weighted by molar-refractivity contribution is 5.55. The van der Waals surface area contributed by atoms with Crippen molar-refractivity contribution in [1.29, 1.82) is 0 Å². The van der Waals surface area contributed by atoms with Gasteiger partial charge < -0.3 is 4.79 Å². The molecule has 1 aromatic carbocycles. The third-order valence-corrected chi connectivity index (χ3v) is 3.53. The maximum absolute atomic E-state index is 13.7. The second-order valence-electron chi connectivity index (χ2n) is 4.67. The van der Waals surface area contributed by atoms with E-state index >= 15 is 0 Å². The van der Waals surface area contributed by atoms with Crippen LogP contribution in [0.15, 0.2) is 12.1 Å². The van der Waals surface area contributed by atoms with Gasteiger partial charge in [0.15, 0.2) is 0 Å². The lowest BCUT2D eigenvalue weighted by molar-refractivity contribution is -0.107. The zero-order valence-corrected chi connectivity index (χ0v) is 9.72. The molecule has 1 aliphatic carbocycles. The van der Waals surface area contributed by atoms with E-state index in [1.54, 1.807) is 0 Å². The Hall–Kier alpha value is -1.25. The van der Waals surface area contributed by atoms with Gasteiger partial charge in [-0.2, -0.15) is 0 Å². The average molecular weight is 238 g/mol. The van der Waals surface area contributed by atoms with E-state index in [1.807, 2.05) is 0 Å². The number of aldehydes is 1. The van der Waals surface area contributed by atoms with E-state index < -0.39 is 11.6 Å². The molecule has 0 unspecified atom stereocenters. The first-order valence-corrected chi connectivity index (χ1v) is 6.14. The molecule has 3 heteroatoms. The normalized spacial score (nSPS) is 17.1. The van der Waals surface area contributed by atoms with Crippen LogP contribution in [0.4, 0.5) is 8.78 Å². The summed E-state index contributed by atoms with van der Waals surface area (Å²) in [6.07, 6.45) is 5.82. The summed E-state index contributed by atoms with van der Waals surface area (Å²) in [5.74, 6) is -0.895. The summed E-state index contributed by atoms with van der Waals surface area (Å²) in [6.45, 7) is 0. The van der Waals surface area contributed by atoms with Crippen molar-refractivity contribution >= 4 is 6.29 Å². The third-order valence-electron chi connectivity index (χ3n) is 3.53. The van der Waals surface area contributed by atoms with E-state index in [9.17, 15) is 13.6 Å². The summed E-state index contributed by atoms with van der Waals surface area (Å²) < 4.78 is 27.3. The Morgan fingerprint density at radius 2 is 1.71 bits per heavy atom. The van der Waals surface area contributed by atoms with Gasteiger partial charge in [-0.15, -0.1) is 0 Å². The topological polar surface area (TPSA) is 17.1 Å². The molecule has 17 heavy (non-hydrogen) atoms. The summed E-state index contributed by atoms with van der Waals surface area (Å²) in [4.78, 5) is 10.3. The molecule has 1 saturated carbocycles. The highest BCUT2D eigenvalue weighted by Gasteiger charge is 2.19. The molecular weight excluding hydrogens is 222 g/mol. The highest BCUT2D eigenvalue weighted by Crippen LogP contribution is 2.33. The Balaban J connectivity index is 2.27. The Kier molecular flexibility index (Phi) is 3.87. The highest BCUT2D eigenvalue weighted by atomic mass is 19.1. The van der Waals surface area contributed by atoms with Crippen molar-refractivity contribution in [1.82, 2.24) is 0 Å². The Morgan fingerprint density at radius 3 is 2.24 bits per heavy atom. The van der Waals surface area contributed by atoms with Crippen LogP contribution in [0, 0.1) is 11.6 Å². The number of benzene rings is 1. The summed E-state index contributed by atoms with van der Waals surface area (Å²) >= 11 is 0. The Labute approximate surface area is 99.8 Å². The van der Waals surface area contributed by atoms with Gasteiger partial charge in [0.25, 0.3) is 0 Å². The largest absolute Gasteiger partial charge is 0.303 e. The van der Waals surface area contributed by atoms with Crippen molar-refractivity contribution in [3.8, 4) is 0 Å². The molecule has 0 radical (unpaired) electrons. The van der Waals surface area contributed by atoms with Crippen molar-refractivity contribution in [3.05, 3.63) is 34.9 Å². The van der Waals surface area contributed by atoms with Gasteiger partial charge in [-0.05, 0) is 36.5 Å². The fourth-order valence-electron chi connectivity index (χ4n) is 2.57. The molecule has 0 spiro atoms. The van der Waals surface area contributed by atoms with Gasteiger partial charge in [0.1, 0.15) is 17.9 Å². The summed E-state index contributed by atoms with van der Waals surface area (Å²) in [5, 5.41) is 0. The zero-order chi connectivity index (χ0) is 12.3. The lowest BCUT2D eigenvalue weighted by Gasteiger charge is -2.22. The first kappa shape index (κ1) is 12.2. The number of halogens is 2. The molecule has 0 saturated heterocycles. The van der Waals surface area contributed by atoms with Crippen molar-refractivity contribution in [2.45, 2.75) is 44.4 Å². The maximum atomic E-state index is 13.7. The van der Waals surface area contributed by atoms with E-state index in [4.69, 9.17) is 0 Å². The quantitative estimate of drug-likeness (QED) is 0.733. The van der Waals surface area contributed by atoms with Crippen LogP contribution in [0.5, 0.6) is 0 Å². The van der Waals surface area contributed by atoms with Crippen LogP contribution in [-0.2, 0) is 11.2 Å². The number of rotatable bonds is 3. The predicted molar refractivity (Wildman–Crippen MR) is 62.0 cm³/mol. The molecule has 1 nitrogen and oxygen atoms in total. The third kappa shape index (κ3) is 2.71. The van der Waals surface area contributed by atoms with Crippen molar-refractivity contribution < 1.29 is 13.6 Å². The summed E-state index contributed by atoms with van der Waals surface area (Å²) in [7, 11) is 0. The van der Waals surface area contributed by atoms with E-state index in [-0.39, 0.29) is 17.9 Å². The first-order valence-electron chi connectivity index (χ1n) is 6.14. The minimum atomic E-state index is -0.585.